The second kappa shape index (κ2) is 7.43. The standard InChI is InChI=1S/C13H26N4/c1-5-6-12(9-14-8-11(2)3)7-13-15-10-16-17(13)4/h10-12,14H,5-9H2,1-4H3. The number of hydrogen-bond acceptors (Lipinski definition) is 3. The Kier molecular flexibility index (Phi) is 6.19. The van der Waals surface area contributed by atoms with Crippen LogP contribution in [0.4, 0.5) is 0 Å². The van der Waals surface area contributed by atoms with E-state index in [1.165, 1.54) is 12.8 Å². The van der Waals surface area contributed by atoms with Crippen molar-refractivity contribution in [1.29, 1.82) is 0 Å². The Morgan fingerprint density at radius 3 is 2.65 bits per heavy atom. The van der Waals surface area contributed by atoms with Crippen molar-refractivity contribution in [3.05, 3.63) is 12.2 Å². The van der Waals surface area contributed by atoms with Crippen molar-refractivity contribution in [2.24, 2.45) is 18.9 Å². The van der Waals surface area contributed by atoms with Gasteiger partial charge in [-0.3, -0.25) is 4.68 Å². The minimum atomic E-state index is 0.668. The number of hydrogen-bond donors (Lipinski definition) is 1. The maximum Gasteiger partial charge on any atom is 0.138 e. The molecular formula is C13H26N4. The fourth-order valence-corrected chi connectivity index (χ4v) is 2.02. The van der Waals surface area contributed by atoms with Crippen LogP contribution in [0.2, 0.25) is 0 Å². The van der Waals surface area contributed by atoms with Gasteiger partial charge in [-0.2, -0.15) is 5.10 Å². The van der Waals surface area contributed by atoms with Crippen LogP contribution in [0.5, 0.6) is 0 Å². The normalized spacial score (nSPS) is 13.2. The summed E-state index contributed by atoms with van der Waals surface area (Å²) < 4.78 is 1.88. The highest BCUT2D eigenvalue weighted by Gasteiger charge is 2.12. The van der Waals surface area contributed by atoms with Gasteiger partial charge in [-0.1, -0.05) is 27.2 Å². The van der Waals surface area contributed by atoms with E-state index in [0.29, 0.717) is 11.8 Å². The summed E-state index contributed by atoms with van der Waals surface area (Å²) in [5.41, 5.74) is 0. The van der Waals surface area contributed by atoms with Crippen LogP contribution >= 0.6 is 0 Å². The zero-order valence-electron chi connectivity index (χ0n) is 11.6. The van der Waals surface area contributed by atoms with Gasteiger partial charge in [-0.15, -0.1) is 0 Å². The second-order valence-electron chi connectivity index (χ2n) is 5.21. The van der Waals surface area contributed by atoms with Gasteiger partial charge < -0.3 is 5.32 Å². The molecule has 98 valence electrons. The van der Waals surface area contributed by atoms with Crippen LogP contribution < -0.4 is 5.32 Å². The zero-order valence-corrected chi connectivity index (χ0v) is 11.6. The lowest BCUT2D eigenvalue weighted by Gasteiger charge is -2.17. The lowest BCUT2D eigenvalue weighted by molar-refractivity contribution is 0.409. The average molecular weight is 238 g/mol. The molecule has 1 aromatic heterocycles. The Balaban J connectivity index is 2.40. The van der Waals surface area contributed by atoms with Gasteiger partial charge in [0.25, 0.3) is 0 Å². The zero-order chi connectivity index (χ0) is 12.7. The first-order chi connectivity index (χ1) is 8.13. The molecule has 0 aromatic carbocycles. The average Bonchev–Trinajstić information content (AvgIpc) is 2.64. The minimum absolute atomic E-state index is 0.668. The van der Waals surface area contributed by atoms with Crippen LogP contribution in [0, 0.1) is 11.8 Å². The Morgan fingerprint density at radius 2 is 2.12 bits per heavy atom. The van der Waals surface area contributed by atoms with Gasteiger partial charge in [0.1, 0.15) is 12.2 Å². The molecule has 1 atom stereocenters. The summed E-state index contributed by atoms with van der Waals surface area (Å²) in [6.07, 6.45) is 5.14. The summed E-state index contributed by atoms with van der Waals surface area (Å²) >= 11 is 0. The van der Waals surface area contributed by atoms with Crippen molar-refractivity contribution in [3.8, 4) is 0 Å². The quantitative estimate of drug-likeness (QED) is 0.753. The highest BCUT2D eigenvalue weighted by Crippen LogP contribution is 2.11. The number of nitrogens with one attached hydrogen (secondary N) is 1. The summed E-state index contributed by atoms with van der Waals surface area (Å²) in [6, 6.07) is 0. The Hall–Kier alpha value is -0.900. The van der Waals surface area contributed by atoms with Crippen LogP contribution in [-0.4, -0.2) is 27.9 Å². The molecule has 0 bridgehead atoms. The smallest absolute Gasteiger partial charge is 0.138 e. The Morgan fingerprint density at radius 1 is 1.35 bits per heavy atom. The summed E-state index contributed by atoms with van der Waals surface area (Å²) in [5.74, 6) is 2.48. The van der Waals surface area contributed by atoms with E-state index in [0.717, 1.165) is 25.3 Å². The highest BCUT2D eigenvalue weighted by atomic mass is 15.3. The van der Waals surface area contributed by atoms with Crippen molar-refractivity contribution in [2.75, 3.05) is 13.1 Å². The SMILES string of the molecule is CCCC(CNCC(C)C)Cc1ncnn1C. The molecule has 1 rings (SSSR count). The molecule has 0 aliphatic carbocycles. The van der Waals surface area contributed by atoms with Gasteiger partial charge in [0.2, 0.25) is 0 Å². The molecule has 17 heavy (non-hydrogen) atoms. The number of nitrogens with zero attached hydrogens (tertiary/aromatic N) is 3. The van der Waals surface area contributed by atoms with Gasteiger partial charge >= 0.3 is 0 Å². The van der Waals surface area contributed by atoms with E-state index in [-0.39, 0.29) is 0 Å². The maximum absolute atomic E-state index is 4.31. The fourth-order valence-electron chi connectivity index (χ4n) is 2.02. The van der Waals surface area contributed by atoms with Gasteiger partial charge in [-0.05, 0) is 31.3 Å². The highest BCUT2D eigenvalue weighted by molar-refractivity contribution is 4.86. The van der Waals surface area contributed by atoms with Crippen LogP contribution in [0.25, 0.3) is 0 Å². The summed E-state index contributed by atoms with van der Waals surface area (Å²) in [6.45, 7) is 8.90. The van der Waals surface area contributed by atoms with E-state index in [1.807, 2.05) is 11.7 Å². The maximum atomic E-state index is 4.31. The lowest BCUT2D eigenvalue weighted by Crippen LogP contribution is -2.28. The van der Waals surface area contributed by atoms with Crippen molar-refractivity contribution < 1.29 is 0 Å². The third-order valence-electron chi connectivity index (χ3n) is 2.96. The van der Waals surface area contributed by atoms with Crippen LogP contribution in [-0.2, 0) is 13.5 Å². The number of aromatic nitrogens is 3. The van der Waals surface area contributed by atoms with E-state index in [4.69, 9.17) is 0 Å². The molecule has 0 radical (unpaired) electrons. The summed E-state index contributed by atoms with van der Waals surface area (Å²) in [5, 5.41) is 7.67. The third kappa shape index (κ3) is 5.31. The Labute approximate surface area is 105 Å². The largest absolute Gasteiger partial charge is 0.316 e. The molecule has 0 amide bonds. The Bertz CT molecular complexity index is 306. The van der Waals surface area contributed by atoms with E-state index < -0.39 is 0 Å². The van der Waals surface area contributed by atoms with Crippen LogP contribution in [0.3, 0.4) is 0 Å². The molecule has 0 saturated heterocycles. The molecule has 0 saturated carbocycles. The first kappa shape index (κ1) is 14.2. The topological polar surface area (TPSA) is 42.7 Å². The molecule has 4 heteroatoms. The number of rotatable bonds is 8. The molecule has 0 aliphatic rings. The minimum Gasteiger partial charge on any atom is -0.316 e. The molecule has 0 aliphatic heterocycles. The molecule has 1 N–H and O–H groups in total. The molecule has 1 unspecified atom stereocenters. The van der Waals surface area contributed by atoms with E-state index in [2.05, 4.69) is 36.2 Å². The van der Waals surface area contributed by atoms with Crippen molar-refractivity contribution in [2.45, 2.75) is 40.0 Å². The van der Waals surface area contributed by atoms with Gasteiger partial charge in [0, 0.05) is 13.5 Å². The molecule has 4 nitrogen and oxygen atoms in total. The molecule has 1 heterocycles. The van der Waals surface area contributed by atoms with Gasteiger partial charge in [-0.25, -0.2) is 4.98 Å². The molecule has 0 spiro atoms. The van der Waals surface area contributed by atoms with Crippen LogP contribution in [0.1, 0.15) is 39.4 Å². The monoisotopic (exact) mass is 238 g/mol. The van der Waals surface area contributed by atoms with Gasteiger partial charge in [0.05, 0.1) is 0 Å². The first-order valence-electron chi connectivity index (χ1n) is 6.67. The van der Waals surface area contributed by atoms with E-state index >= 15 is 0 Å². The molecule has 1 aromatic rings. The second-order valence-corrected chi connectivity index (χ2v) is 5.21. The lowest BCUT2D eigenvalue weighted by atomic mass is 9.99. The molecule has 0 fully saturated rings. The van der Waals surface area contributed by atoms with Crippen LogP contribution in [0.15, 0.2) is 6.33 Å². The number of aryl methyl sites for hydroxylation is 1. The van der Waals surface area contributed by atoms with Crippen molar-refractivity contribution >= 4 is 0 Å². The summed E-state index contributed by atoms with van der Waals surface area (Å²) in [4.78, 5) is 4.31. The van der Waals surface area contributed by atoms with Crippen molar-refractivity contribution in [1.82, 2.24) is 20.1 Å². The summed E-state index contributed by atoms with van der Waals surface area (Å²) in [7, 11) is 1.97. The van der Waals surface area contributed by atoms with Crippen molar-refractivity contribution in [3.63, 3.8) is 0 Å². The predicted octanol–water partition coefficient (Wildman–Crippen LogP) is 2.02. The third-order valence-corrected chi connectivity index (χ3v) is 2.96. The first-order valence-corrected chi connectivity index (χ1v) is 6.67. The van der Waals surface area contributed by atoms with E-state index in [9.17, 15) is 0 Å². The van der Waals surface area contributed by atoms with Gasteiger partial charge in [0.15, 0.2) is 0 Å². The van der Waals surface area contributed by atoms with E-state index in [1.54, 1.807) is 6.33 Å². The fraction of sp³-hybridized carbons (Fsp3) is 0.846. The predicted molar refractivity (Wildman–Crippen MR) is 70.8 cm³/mol. The molecular weight excluding hydrogens is 212 g/mol.